The van der Waals surface area contributed by atoms with E-state index in [0.29, 0.717) is 35.5 Å². The number of hydrogen-bond donors (Lipinski definition) is 3. The fourth-order valence-corrected chi connectivity index (χ4v) is 2.20. The highest BCUT2D eigenvalue weighted by Gasteiger charge is 2.23. The van der Waals surface area contributed by atoms with Crippen LogP contribution < -0.4 is 5.32 Å². The molecule has 2 heterocycles. The SMILES string of the molecule is CCc1ccc2oc(C3=NCCN3)c(O)c2c1O. The number of amidine groups is 1. The first-order valence-corrected chi connectivity index (χ1v) is 5.97. The van der Waals surface area contributed by atoms with Gasteiger partial charge >= 0.3 is 0 Å². The van der Waals surface area contributed by atoms with Crippen molar-refractivity contribution in [3.05, 3.63) is 23.5 Å². The molecule has 0 fully saturated rings. The van der Waals surface area contributed by atoms with Crippen LogP contribution in [0.1, 0.15) is 18.2 Å². The third kappa shape index (κ3) is 1.44. The van der Waals surface area contributed by atoms with Crippen LogP contribution in [0.3, 0.4) is 0 Å². The van der Waals surface area contributed by atoms with Crippen molar-refractivity contribution in [2.24, 2.45) is 4.99 Å². The number of benzene rings is 1. The van der Waals surface area contributed by atoms with Crippen LogP contribution in [0.5, 0.6) is 11.5 Å². The molecule has 5 heteroatoms. The predicted octanol–water partition coefficient (Wildman–Crippen LogP) is 1.76. The molecule has 94 valence electrons. The van der Waals surface area contributed by atoms with Gasteiger partial charge in [0.25, 0.3) is 0 Å². The molecule has 5 nitrogen and oxygen atoms in total. The number of hydrogen-bond acceptors (Lipinski definition) is 5. The minimum atomic E-state index is -0.0500. The Labute approximate surface area is 104 Å². The zero-order chi connectivity index (χ0) is 12.7. The van der Waals surface area contributed by atoms with Gasteiger partial charge in [0.05, 0.1) is 6.54 Å². The molecule has 0 radical (unpaired) electrons. The number of fused-ring (bicyclic) bond motifs is 1. The van der Waals surface area contributed by atoms with Gasteiger partial charge in [0.15, 0.2) is 11.6 Å². The van der Waals surface area contributed by atoms with Gasteiger partial charge in [-0.15, -0.1) is 0 Å². The van der Waals surface area contributed by atoms with Crippen molar-refractivity contribution in [3.8, 4) is 11.5 Å². The minimum Gasteiger partial charge on any atom is -0.507 e. The van der Waals surface area contributed by atoms with Gasteiger partial charge in [-0.25, -0.2) is 0 Å². The lowest BCUT2D eigenvalue weighted by molar-refractivity contribution is 0.453. The van der Waals surface area contributed by atoms with Crippen LogP contribution in [0.15, 0.2) is 21.5 Å². The summed E-state index contributed by atoms with van der Waals surface area (Å²) in [6.07, 6.45) is 0.695. The van der Waals surface area contributed by atoms with Crippen molar-refractivity contribution >= 4 is 16.8 Å². The van der Waals surface area contributed by atoms with Crippen LogP contribution in [0.25, 0.3) is 11.0 Å². The van der Waals surface area contributed by atoms with Gasteiger partial charge in [-0.3, -0.25) is 4.99 Å². The molecule has 2 aromatic rings. The Morgan fingerprint density at radius 3 is 2.83 bits per heavy atom. The quantitative estimate of drug-likeness (QED) is 0.754. The Balaban J connectivity index is 2.25. The molecule has 0 aliphatic carbocycles. The van der Waals surface area contributed by atoms with E-state index >= 15 is 0 Å². The first-order valence-electron chi connectivity index (χ1n) is 5.97. The second kappa shape index (κ2) is 3.94. The van der Waals surface area contributed by atoms with E-state index in [9.17, 15) is 10.2 Å². The highest BCUT2D eigenvalue weighted by molar-refractivity contribution is 6.06. The molecule has 1 aliphatic rings. The van der Waals surface area contributed by atoms with E-state index in [1.807, 2.05) is 6.92 Å². The van der Waals surface area contributed by atoms with Gasteiger partial charge in [-0.05, 0) is 18.1 Å². The molecule has 0 saturated carbocycles. The van der Waals surface area contributed by atoms with Gasteiger partial charge < -0.3 is 19.9 Å². The lowest BCUT2D eigenvalue weighted by Gasteiger charge is -2.01. The number of nitrogens with one attached hydrogen (secondary N) is 1. The number of aliphatic imine (C=N–C) groups is 1. The fourth-order valence-electron chi connectivity index (χ4n) is 2.20. The summed E-state index contributed by atoms with van der Waals surface area (Å²) in [7, 11) is 0. The molecule has 0 spiro atoms. The van der Waals surface area contributed by atoms with Crippen LogP contribution >= 0.6 is 0 Å². The van der Waals surface area contributed by atoms with E-state index in [-0.39, 0.29) is 11.5 Å². The normalized spacial score (nSPS) is 14.8. The maximum absolute atomic E-state index is 10.2. The molecule has 0 atom stereocenters. The van der Waals surface area contributed by atoms with Gasteiger partial charge in [-0.2, -0.15) is 0 Å². The summed E-state index contributed by atoms with van der Waals surface area (Å²) in [5, 5.41) is 23.7. The summed E-state index contributed by atoms with van der Waals surface area (Å²) in [5.41, 5.74) is 1.25. The van der Waals surface area contributed by atoms with E-state index < -0.39 is 0 Å². The topological polar surface area (TPSA) is 78.0 Å². The maximum Gasteiger partial charge on any atom is 0.211 e. The Hall–Kier alpha value is -2.17. The molecule has 3 N–H and O–H groups in total. The molecule has 3 rings (SSSR count). The van der Waals surface area contributed by atoms with Crippen molar-refractivity contribution in [2.75, 3.05) is 13.1 Å². The van der Waals surface area contributed by atoms with Gasteiger partial charge in [0.1, 0.15) is 16.7 Å². The zero-order valence-electron chi connectivity index (χ0n) is 10.0. The van der Waals surface area contributed by atoms with Gasteiger partial charge in [0.2, 0.25) is 5.76 Å². The Morgan fingerprint density at radius 2 is 2.17 bits per heavy atom. The van der Waals surface area contributed by atoms with Crippen molar-refractivity contribution in [3.63, 3.8) is 0 Å². The standard InChI is InChI=1S/C13H14N2O3/c1-2-7-3-4-8-9(10(7)16)11(17)12(18-8)13-14-5-6-15-13/h3-4,16-17H,2,5-6H2,1H3,(H,14,15). The van der Waals surface area contributed by atoms with E-state index in [2.05, 4.69) is 10.3 Å². The molecule has 1 aromatic heterocycles. The highest BCUT2D eigenvalue weighted by atomic mass is 16.4. The average Bonchev–Trinajstić information content (AvgIpc) is 2.98. The third-order valence-electron chi connectivity index (χ3n) is 3.16. The average molecular weight is 246 g/mol. The second-order valence-corrected chi connectivity index (χ2v) is 4.24. The van der Waals surface area contributed by atoms with Gasteiger partial charge in [-0.1, -0.05) is 13.0 Å². The van der Waals surface area contributed by atoms with Crippen molar-refractivity contribution in [2.45, 2.75) is 13.3 Å². The first kappa shape index (κ1) is 11.0. The molecule has 1 aromatic carbocycles. The number of furan rings is 1. The number of rotatable bonds is 2. The van der Waals surface area contributed by atoms with Crippen LogP contribution in [-0.4, -0.2) is 29.1 Å². The molecule has 0 saturated heterocycles. The number of aromatic hydroxyl groups is 2. The van der Waals surface area contributed by atoms with Crippen molar-refractivity contribution in [1.29, 1.82) is 0 Å². The monoisotopic (exact) mass is 246 g/mol. The Kier molecular flexibility index (Phi) is 2.40. The van der Waals surface area contributed by atoms with E-state index in [1.165, 1.54) is 0 Å². The van der Waals surface area contributed by atoms with Crippen LogP contribution in [0.2, 0.25) is 0 Å². The fraction of sp³-hybridized carbons (Fsp3) is 0.308. The largest absolute Gasteiger partial charge is 0.507 e. The number of aryl methyl sites for hydroxylation is 1. The Bertz CT molecular complexity index is 643. The molecule has 0 bridgehead atoms. The van der Waals surface area contributed by atoms with Crippen molar-refractivity contribution < 1.29 is 14.6 Å². The summed E-state index contributed by atoms with van der Waals surface area (Å²) in [5.74, 6) is 0.874. The zero-order valence-corrected chi connectivity index (χ0v) is 10.0. The summed E-state index contributed by atoms with van der Waals surface area (Å²) in [4.78, 5) is 4.20. The summed E-state index contributed by atoms with van der Waals surface area (Å²) < 4.78 is 5.56. The van der Waals surface area contributed by atoms with E-state index in [0.717, 1.165) is 12.1 Å². The van der Waals surface area contributed by atoms with Crippen molar-refractivity contribution in [1.82, 2.24) is 5.32 Å². The summed E-state index contributed by atoms with van der Waals surface area (Å²) >= 11 is 0. The lowest BCUT2D eigenvalue weighted by atomic mass is 10.1. The van der Waals surface area contributed by atoms with Crippen LogP contribution in [-0.2, 0) is 6.42 Å². The number of phenolic OH excluding ortho intramolecular Hbond substituents is 1. The molecular formula is C13H14N2O3. The molecule has 0 amide bonds. The van der Waals surface area contributed by atoms with Crippen LogP contribution in [0.4, 0.5) is 0 Å². The smallest absolute Gasteiger partial charge is 0.211 e. The number of nitrogens with zero attached hydrogens (tertiary/aromatic N) is 1. The van der Waals surface area contributed by atoms with Crippen LogP contribution in [0, 0.1) is 0 Å². The van der Waals surface area contributed by atoms with E-state index in [4.69, 9.17) is 4.42 Å². The number of phenols is 1. The highest BCUT2D eigenvalue weighted by Crippen LogP contribution is 2.40. The van der Waals surface area contributed by atoms with Gasteiger partial charge in [0, 0.05) is 6.54 Å². The van der Waals surface area contributed by atoms with E-state index in [1.54, 1.807) is 12.1 Å². The third-order valence-corrected chi connectivity index (χ3v) is 3.16. The molecule has 1 aliphatic heterocycles. The summed E-state index contributed by atoms with van der Waals surface area (Å²) in [6.45, 7) is 3.34. The maximum atomic E-state index is 10.2. The summed E-state index contributed by atoms with van der Waals surface area (Å²) in [6, 6.07) is 3.56. The lowest BCUT2D eigenvalue weighted by Crippen LogP contribution is -2.18. The molecule has 18 heavy (non-hydrogen) atoms. The second-order valence-electron chi connectivity index (χ2n) is 4.24. The first-order chi connectivity index (χ1) is 8.72. The molecule has 0 unspecified atom stereocenters. The molecular weight excluding hydrogens is 232 g/mol. The Morgan fingerprint density at radius 1 is 1.33 bits per heavy atom. The predicted molar refractivity (Wildman–Crippen MR) is 68.3 cm³/mol. The minimum absolute atomic E-state index is 0.0500.